The number of hydrogen-bond acceptors (Lipinski definition) is 3. The van der Waals surface area contributed by atoms with Crippen molar-refractivity contribution >= 4 is 21.4 Å². The molecule has 0 aliphatic rings. The largest absolute Gasteiger partial charge is 0.245 e. The van der Waals surface area contributed by atoms with Crippen LogP contribution in [0.2, 0.25) is 5.02 Å². The standard InChI is InChI=1S/C14H14ClNO2S/c1-10-3-4-11(2)12(7-10)9-19(17,18)14-8-13(15)5-6-16-14/h3-8H,9H2,1-2H3. The maximum absolute atomic E-state index is 12.3. The van der Waals surface area contributed by atoms with Gasteiger partial charge in [-0.3, -0.25) is 0 Å². The van der Waals surface area contributed by atoms with E-state index in [0.717, 1.165) is 16.7 Å². The van der Waals surface area contributed by atoms with Gasteiger partial charge in [-0.1, -0.05) is 35.4 Å². The number of benzene rings is 1. The summed E-state index contributed by atoms with van der Waals surface area (Å²) >= 11 is 5.81. The van der Waals surface area contributed by atoms with E-state index in [1.54, 1.807) is 6.07 Å². The predicted octanol–water partition coefficient (Wildman–Crippen LogP) is 3.33. The fourth-order valence-electron chi connectivity index (χ4n) is 1.79. The molecule has 19 heavy (non-hydrogen) atoms. The second kappa shape index (κ2) is 5.31. The third-order valence-corrected chi connectivity index (χ3v) is 4.65. The first kappa shape index (κ1) is 14.0. The number of hydrogen-bond donors (Lipinski definition) is 0. The first-order valence-electron chi connectivity index (χ1n) is 5.79. The third-order valence-electron chi connectivity index (χ3n) is 2.87. The van der Waals surface area contributed by atoms with Gasteiger partial charge in [0.1, 0.15) is 0 Å². The summed E-state index contributed by atoms with van der Waals surface area (Å²) in [5.41, 5.74) is 2.79. The maximum Gasteiger partial charge on any atom is 0.199 e. The molecule has 0 aliphatic heterocycles. The van der Waals surface area contributed by atoms with Crippen LogP contribution in [0.4, 0.5) is 0 Å². The predicted molar refractivity (Wildman–Crippen MR) is 76.1 cm³/mol. The van der Waals surface area contributed by atoms with E-state index in [1.165, 1.54) is 12.3 Å². The van der Waals surface area contributed by atoms with Crippen LogP contribution in [0.5, 0.6) is 0 Å². The molecule has 0 radical (unpaired) electrons. The number of halogens is 1. The molecule has 0 fully saturated rings. The molecule has 100 valence electrons. The molecule has 0 saturated carbocycles. The molecule has 1 heterocycles. The Kier molecular flexibility index (Phi) is 3.92. The van der Waals surface area contributed by atoms with E-state index in [9.17, 15) is 8.42 Å². The van der Waals surface area contributed by atoms with Crippen LogP contribution in [-0.4, -0.2) is 13.4 Å². The van der Waals surface area contributed by atoms with E-state index in [-0.39, 0.29) is 10.8 Å². The van der Waals surface area contributed by atoms with Gasteiger partial charge in [0.15, 0.2) is 14.9 Å². The summed E-state index contributed by atoms with van der Waals surface area (Å²) in [5.74, 6) is -0.0617. The summed E-state index contributed by atoms with van der Waals surface area (Å²) in [6.07, 6.45) is 1.40. The van der Waals surface area contributed by atoms with Crippen LogP contribution < -0.4 is 0 Å². The highest BCUT2D eigenvalue weighted by Gasteiger charge is 2.18. The molecule has 1 aromatic carbocycles. The normalized spacial score (nSPS) is 11.5. The molecule has 2 rings (SSSR count). The van der Waals surface area contributed by atoms with Gasteiger partial charge in [0.05, 0.1) is 5.75 Å². The number of pyridine rings is 1. The van der Waals surface area contributed by atoms with E-state index in [1.807, 2.05) is 32.0 Å². The SMILES string of the molecule is Cc1ccc(C)c(CS(=O)(=O)c2cc(Cl)ccn2)c1. The smallest absolute Gasteiger partial charge is 0.199 e. The number of sulfone groups is 1. The molecule has 0 amide bonds. The van der Waals surface area contributed by atoms with Gasteiger partial charge in [-0.15, -0.1) is 0 Å². The number of rotatable bonds is 3. The molecular weight excluding hydrogens is 282 g/mol. The monoisotopic (exact) mass is 295 g/mol. The van der Waals surface area contributed by atoms with Gasteiger partial charge in [-0.25, -0.2) is 13.4 Å². The Labute approximate surface area is 118 Å². The van der Waals surface area contributed by atoms with Crippen LogP contribution in [0.1, 0.15) is 16.7 Å². The zero-order valence-corrected chi connectivity index (χ0v) is 12.3. The Balaban J connectivity index is 2.39. The van der Waals surface area contributed by atoms with Crippen molar-refractivity contribution in [2.45, 2.75) is 24.6 Å². The van der Waals surface area contributed by atoms with Gasteiger partial charge in [0.2, 0.25) is 0 Å². The molecule has 0 saturated heterocycles. The van der Waals surface area contributed by atoms with Crippen LogP contribution in [-0.2, 0) is 15.6 Å². The van der Waals surface area contributed by atoms with E-state index in [4.69, 9.17) is 11.6 Å². The van der Waals surface area contributed by atoms with Gasteiger partial charge < -0.3 is 0 Å². The zero-order chi connectivity index (χ0) is 14.0. The Bertz CT molecular complexity index is 711. The van der Waals surface area contributed by atoms with Crippen molar-refractivity contribution in [2.24, 2.45) is 0 Å². The number of nitrogens with zero attached hydrogens (tertiary/aromatic N) is 1. The topological polar surface area (TPSA) is 47.0 Å². The second-order valence-corrected chi connectivity index (χ2v) is 6.87. The molecule has 1 aromatic heterocycles. The minimum absolute atomic E-state index is 0.0147. The van der Waals surface area contributed by atoms with Gasteiger partial charge >= 0.3 is 0 Å². The molecule has 0 N–H and O–H groups in total. The fourth-order valence-corrected chi connectivity index (χ4v) is 3.41. The van der Waals surface area contributed by atoms with Crippen molar-refractivity contribution in [3.8, 4) is 0 Å². The minimum atomic E-state index is -3.47. The lowest BCUT2D eigenvalue weighted by Gasteiger charge is -2.08. The van der Waals surface area contributed by atoms with Crippen molar-refractivity contribution in [3.63, 3.8) is 0 Å². The molecule has 0 atom stereocenters. The van der Waals surface area contributed by atoms with Crippen molar-refractivity contribution in [1.82, 2.24) is 4.98 Å². The van der Waals surface area contributed by atoms with Crippen LogP contribution in [0.3, 0.4) is 0 Å². The summed E-state index contributed by atoms with van der Waals surface area (Å²) in [6.45, 7) is 3.84. The second-order valence-electron chi connectivity index (χ2n) is 4.50. The average Bonchev–Trinajstić information content (AvgIpc) is 2.33. The van der Waals surface area contributed by atoms with Crippen LogP contribution in [0.25, 0.3) is 0 Å². The zero-order valence-electron chi connectivity index (χ0n) is 10.7. The van der Waals surface area contributed by atoms with Gasteiger partial charge in [-0.05, 0) is 37.1 Å². The van der Waals surface area contributed by atoms with E-state index in [2.05, 4.69) is 4.98 Å². The highest BCUT2D eigenvalue weighted by molar-refractivity contribution is 7.90. The Morgan fingerprint density at radius 3 is 2.58 bits per heavy atom. The third kappa shape index (κ3) is 3.33. The van der Waals surface area contributed by atoms with E-state index in [0.29, 0.717) is 5.02 Å². The van der Waals surface area contributed by atoms with Crippen molar-refractivity contribution in [1.29, 1.82) is 0 Å². The summed E-state index contributed by atoms with van der Waals surface area (Å²) < 4.78 is 24.6. The first-order chi connectivity index (χ1) is 8.88. The Morgan fingerprint density at radius 2 is 1.89 bits per heavy atom. The molecule has 2 aromatic rings. The minimum Gasteiger partial charge on any atom is -0.245 e. The number of aromatic nitrogens is 1. The van der Waals surface area contributed by atoms with Crippen molar-refractivity contribution < 1.29 is 8.42 Å². The van der Waals surface area contributed by atoms with Gasteiger partial charge in [0.25, 0.3) is 0 Å². The Hall–Kier alpha value is -1.39. The van der Waals surface area contributed by atoms with E-state index >= 15 is 0 Å². The molecule has 5 heteroatoms. The van der Waals surface area contributed by atoms with Crippen LogP contribution >= 0.6 is 11.6 Å². The fraction of sp³-hybridized carbons (Fsp3) is 0.214. The van der Waals surface area contributed by atoms with Crippen LogP contribution in [0, 0.1) is 13.8 Å². The molecule has 0 bridgehead atoms. The molecule has 0 unspecified atom stereocenters. The lowest BCUT2D eigenvalue weighted by atomic mass is 10.1. The summed E-state index contributed by atoms with van der Waals surface area (Å²) in [7, 11) is -3.47. The van der Waals surface area contributed by atoms with Crippen LogP contribution in [0.15, 0.2) is 41.6 Å². The Morgan fingerprint density at radius 1 is 1.16 bits per heavy atom. The van der Waals surface area contributed by atoms with Crippen molar-refractivity contribution in [2.75, 3.05) is 0 Å². The maximum atomic E-state index is 12.3. The van der Waals surface area contributed by atoms with E-state index < -0.39 is 9.84 Å². The highest BCUT2D eigenvalue weighted by atomic mass is 35.5. The summed E-state index contributed by atoms with van der Waals surface area (Å²) in [4.78, 5) is 3.89. The average molecular weight is 296 g/mol. The lowest BCUT2D eigenvalue weighted by Crippen LogP contribution is -2.08. The molecular formula is C14H14ClNO2S. The summed E-state index contributed by atoms with van der Waals surface area (Å²) in [6, 6.07) is 8.70. The van der Waals surface area contributed by atoms with Gasteiger partial charge in [-0.2, -0.15) is 0 Å². The quantitative estimate of drug-likeness (QED) is 0.872. The summed E-state index contributed by atoms with van der Waals surface area (Å²) in [5, 5.41) is 0.385. The lowest BCUT2D eigenvalue weighted by molar-refractivity contribution is 0.591. The molecule has 0 aliphatic carbocycles. The highest BCUT2D eigenvalue weighted by Crippen LogP contribution is 2.20. The number of aryl methyl sites for hydroxylation is 2. The molecule has 0 spiro atoms. The van der Waals surface area contributed by atoms with Gasteiger partial charge in [0, 0.05) is 11.2 Å². The first-order valence-corrected chi connectivity index (χ1v) is 7.82. The van der Waals surface area contributed by atoms with Crippen molar-refractivity contribution in [3.05, 3.63) is 58.2 Å². The molecule has 3 nitrogen and oxygen atoms in total.